The minimum Gasteiger partial charge on any atom is -0.482 e. The first kappa shape index (κ1) is 29.2. The van der Waals surface area contributed by atoms with Crippen LogP contribution in [0.5, 0.6) is 5.75 Å². The fourth-order valence-corrected chi connectivity index (χ4v) is 5.57. The van der Waals surface area contributed by atoms with E-state index in [1.54, 1.807) is 45.0 Å². The van der Waals surface area contributed by atoms with Crippen molar-refractivity contribution in [3.8, 4) is 17.0 Å². The maximum atomic E-state index is 15.6. The normalized spacial score (nSPS) is 13.9. The van der Waals surface area contributed by atoms with Crippen molar-refractivity contribution in [3.63, 3.8) is 0 Å². The summed E-state index contributed by atoms with van der Waals surface area (Å²) in [5.41, 5.74) is 8.67. The molecule has 0 unspecified atom stereocenters. The van der Waals surface area contributed by atoms with Crippen LogP contribution in [0.15, 0.2) is 39.5 Å². The Balaban J connectivity index is 1.58. The quantitative estimate of drug-likeness (QED) is 0.233. The van der Waals surface area contributed by atoms with Crippen molar-refractivity contribution in [2.75, 3.05) is 19.8 Å². The molecule has 4 aromatic rings. The number of halogens is 4. The number of rotatable bonds is 8. The predicted octanol–water partition coefficient (Wildman–Crippen LogP) is 6.28. The number of nitrogen functional groups attached to an aromatic ring is 1. The van der Waals surface area contributed by atoms with Gasteiger partial charge in [0, 0.05) is 67.2 Å². The van der Waals surface area contributed by atoms with E-state index in [2.05, 4.69) is 47.0 Å². The summed E-state index contributed by atoms with van der Waals surface area (Å²) in [6.45, 7) is 1.67. The van der Waals surface area contributed by atoms with Gasteiger partial charge in [0.25, 0.3) is 0 Å². The lowest BCUT2D eigenvalue weighted by Crippen LogP contribution is -2.29. The van der Waals surface area contributed by atoms with Gasteiger partial charge in [-0.2, -0.15) is 14.9 Å². The van der Waals surface area contributed by atoms with Crippen molar-refractivity contribution in [3.05, 3.63) is 73.7 Å². The van der Waals surface area contributed by atoms with E-state index in [0.717, 1.165) is 35.5 Å². The maximum absolute atomic E-state index is 15.6. The molecular weight excluding hydrogens is 664 g/mol. The van der Waals surface area contributed by atoms with E-state index in [4.69, 9.17) is 10.5 Å². The molecule has 1 amide bonds. The summed E-state index contributed by atoms with van der Waals surface area (Å²) in [6.07, 6.45) is 5.72. The van der Waals surface area contributed by atoms with Gasteiger partial charge in [0.1, 0.15) is 17.7 Å². The minimum atomic E-state index is -0.818. The number of benzene rings is 1. The molecule has 0 bridgehead atoms. The van der Waals surface area contributed by atoms with Crippen LogP contribution in [-0.2, 0) is 19.9 Å². The van der Waals surface area contributed by atoms with Crippen molar-refractivity contribution >= 4 is 43.7 Å². The Hall–Kier alpha value is -3.32. The second-order valence-corrected chi connectivity index (χ2v) is 12.2. The molecule has 1 aliphatic rings. The lowest BCUT2D eigenvalue weighted by atomic mass is 9.96. The maximum Gasteiger partial charge on any atom is 0.344 e. The fraction of sp³-hybridized carbons (Fsp3) is 0.357. The third-order valence-corrected chi connectivity index (χ3v) is 8.25. The van der Waals surface area contributed by atoms with E-state index < -0.39 is 17.7 Å². The molecule has 1 saturated carbocycles. The molecular formula is C28H29Br2F2N7O2. The highest BCUT2D eigenvalue weighted by Crippen LogP contribution is 2.39. The molecule has 1 atom stereocenters. The van der Waals surface area contributed by atoms with Crippen LogP contribution >= 0.6 is 31.9 Å². The zero-order valence-electron chi connectivity index (χ0n) is 23.0. The summed E-state index contributed by atoms with van der Waals surface area (Å²) >= 11 is 7.03. The Morgan fingerprint density at radius 1 is 1.22 bits per heavy atom. The highest BCUT2D eigenvalue weighted by Gasteiger charge is 2.30. The number of nitrogens with zero attached hydrogens (tertiary/aromatic N) is 6. The topological polar surface area (TPSA) is 104 Å². The Bertz CT molecular complexity index is 1630. The van der Waals surface area contributed by atoms with Gasteiger partial charge >= 0.3 is 6.03 Å². The first-order valence-electron chi connectivity index (χ1n) is 13.0. The van der Waals surface area contributed by atoms with Gasteiger partial charge in [0.15, 0.2) is 11.6 Å². The summed E-state index contributed by atoms with van der Waals surface area (Å²) in [5.74, 6) is -0.582. The number of anilines is 1. The Morgan fingerprint density at radius 2 is 1.95 bits per heavy atom. The number of aromatic nitrogens is 5. The molecule has 5 rings (SSSR count). The number of hydrogen-bond donors (Lipinski definition) is 1. The van der Waals surface area contributed by atoms with Crippen molar-refractivity contribution in [2.24, 2.45) is 13.0 Å². The number of carbonyl (C=O) groups is 1. The van der Waals surface area contributed by atoms with Gasteiger partial charge in [-0.25, -0.2) is 18.6 Å². The zero-order valence-corrected chi connectivity index (χ0v) is 26.1. The molecule has 41 heavy (non-hydrogen) atoms. The smallest absolute Gasteiger partial charge is 0.344 e. The molecule has 13 heteroatoms. The van der Waals surface area contributed by atoms with Crippen LogP contribution < -0.4 is 10.5 Å². The summed E-state index contributed by atoms with van der Waals surface area (Å²) < 4.78 is 40.6. The molecule has 3 heterocycles. The molecule has 1 aliphatic carbocycles. The van der Waals surface area contributed by atoms with Crippen molar-refractivity contribution < 1.29 is 18.3 Å². The highest BCUT2D eigenvalue weighted by atomic mass is 79.9. The third-order valence-electron chi connectivity index (χ3n) is 6.90. The molecule has 3 aromatic heterocycles. The number of carbonyl (C=O) groups excluding carboxylic acids is 1. The Morgan fingerprint density at radius 3 is 2.63 bits per heavy atom. The molecule has 9 nitrogen and oxygen atoms in total. The molecule has 0 aliphatic heterocycles. The summed E-state index contributed by atoms with van der Waals surface area (Å²) in [4.78, 5) is 18.6. The van der Waals surface area contributed by atoms with Crippen LogP contribution in [0.25, 0.3) is 11.3 Å². The molecule has 0 radical (unpaired) electrons. The Labute approximate surface area is 252 Å². The summed E-state index contributed by atoms with van der Waals surface area (Å²) in [7, 11) is 5.04. The van der Waals surface area contributed by atoms with Gasteiger partial charge in [0.2, 0.25) is 0 Å². The van der Waals surface area contributed by atoms with E-state index in [0.29, 0.717) is 27.3 Å². The first-order valence-corrected chi connectivity index (χ1v) is 14.6. The SMILES string of the molecule is C[C@@H](Oc1cc(Br)cnc1N)c1cc(F)cc(F)c1-c1nn(C)cc1Cc1c(Br)c(CC2CC2)nn1C(=O)N(C)C. The van der Waals surface area contributed by atoms with Gasteiger partial charge in [-0.15, -0.1) is 0 Å². The van der Waals surface area contributed by atoms with Crippen LogP contribution in [0.4, 0.5) is 19.4 Å². The van der Waals surface area contributed by atoms with Crippen LogP contribution in [0.3, 0.4) is 0 Å². The highest BCUT2D eigenvalue weighted by molar-refractivity contribution is 9.10. The van der Waals surface area contributed by atoms with E-state index >= 15 is 4.39 Å². The lowest BCUT2D eigenvalue weighted by Gasteiger charge is -2.20. The van der Waals surface area contributed by atoms with Gasteiger partial charge in [-0.1, -0.05) is 0 Å². The standard InChI is InChI=1S/C28H29Br2F2N7O2/c1-14(41-23-9-17(29)12-34-27(23)33)19-10-18(31)11-20(32)24(19)26-16(13-38(4)36-26)8-22-25(30)21(7-15-5-6-15)35-39(22)28(40)37(2)3/h9-15H,5-8H2,1-4H3,(H2,33,34)/t14-/m1/s1. The second kappa shape index (κ2) is 11.5. The monoisotopic (exact) mass is 691 g/mol. The van der Waals surface area contributed by atoms with Gasteiger partial charge in [-0.05, 0) is 76.1 Å². The van der Waals surface area contributed by atoms with Crippen LogP contribution in [-0.4, -0.2) is 49.6 Å². The molecule has 1 aromatic carbocycles. The first-order chi connectivity index (χ1) is 19.4. The average Bonchev–Trinajstić information content (AvgIpc) is 3.58. The van der Waals surface area contributed by atoms with E-state index in [1.807, 2.05) is 0 Å². The van der Waals surface area contributed by atoms with Crippen LogP contribution in [0.1, 0.15) is 48.4 Å². The number of ether oxygens (including phenoxy) is 1. The molecule has 0 spiro atoms. The number of amides is 1. The number of nitrogens with two attached hydrogens (primary N) is 1. The fourth-order valence-electron chi connectivity index (χ4n) is 4.71. The number of pyridine rings is 1. The zero-order chi connectivity index (χ0) is 29.6. The van der Waals surface area contributed by atoms with Gasteiger partial charge in [0.05, 0.1) is 21.6 Å². The number of hydrogen-bond acceptors (Lipinski definition) is 6. The average molecular weight is 693 g/mol. The van der Waals surface area contributed by atoms with Gasteiger partial charge in [-0.3, -0.25) is 4.68 Å². The third kappa shape index (κ3) is 6.15. The molecule has 0 saturated heterocycles. The van der Waals surface area contributed by atoms with E-state index in [1.165, 1.54) is 21.8 Å². The van der Waals surface area contributed by atoms with Crippen molar-refractivity contribution in [1.82, 2.24) is 29.4 Å². The van der Waals surface area contributed by atoms with Crippen molar-refractivity contribution in [1.29, 1.82) is 0 Å². The van der Waals surface area contributed by atoms with Crippen LogP contribution in [0, 0.1) is 17.6 Å². The molecule has 1 fully saturated rings. The predicted molar refractivity (Wildman–Crippen MR) is 158 cm³/mol. The van der Waals surface area contributed by atoms with E-state index in [9.17, 15) is 9.18 Å². The molecule has 216 valence electrons. The lowest BCUT2D eigenvalue weighted by molar-refractivity contribution is 0.215. The second-order valence-electron chi connectivity index (χ2n) is 10.4. The van der Waals surface area contributed by atoms with Gasteiger partial charge < -0.3 is 15.4 Å². The largest absolute Gasteiger partial charge is 0.482 e. The summed E-state index contributed by atoms with van der Waals surface area (Å²) in [6, 6.07) is 3.39. The summed E-state index contributed by atoms with van der Waals surface area (Å²) in [5, 5.41) is 9.21. The Kier molecular flexibility index (Phi) is 8.20. The number of aryl methyl sites for hydroxylation is 1. The molecule has 2 N–H and O–H groups in total. The minimum absolute atomic E-state index is 0.0929. The van der Waals surface area contributed by atoms with Crippen LogP contribution in [0.2, 0.25) is 0 Å². The van der Waals surface area contributed by atoms with Crippen molar-refractivity contribution in [2.45, 2.75) is 38.7 Å². The van der Waals surface area contributed by atoms with E-state index in [-0.39, 0.29) is 35.1 Å².